The third kappa shape index (κ3) is 2.59. The van der Waals surface area contributed by atoms with Crippen LogP contribution in [0.3, 0.4) is 0 Å². The van der Waals surface area contributed by atoms with Crippen molar-refractivity contribution in [3.8, 4) is 0 Å². The molecule has 1 saturated carbocycles. The van der Waals surface area contributed by atoms with Gasteiger partial charge in [0.15, 0.2) is 0 Å². The Balaban J connectivity index is 2.60. The first-order valence-electron chi connectivity index (χ1n) is 4.43. The lowest BCUT2D eigenvalue weighted by molar-refractivity contribution is 0.461. The zero-order valence-electron chi connectivity index (χ0n) is 7.38. The van der Waals surface area contributed by atoms with E-state index in [4.69, 9.17) is 0 Å². The van der Waals surface area contributed by atoms with Gasteiger partial charge in [-0.1, -0.05) is 19.8 Å². The highest BCUT2D eigenvalue weighted by Gasteiger charge is 2.31. The second-order valence-electron chi connectivity index (χ2n) is 4.11. The largest absolute Gasteiger partial charge is 0.174 e. The van der Waals surface area contributed by atoms with E-state index in [0.717, 1.165) is 5.92 Å². The molecule has 0 saturated heterocycles. The maximum Gasteiger partial charge on any atom is 0.0220 e. The molecule has 0 aromatic carbocycles. The lowest BCUT2D eigenvalue weighted by atomic mass is 9.95. The van der Waals surface area contributed by atoms with Crippen LogP contribution in [0, 0.1) is 5.92 Å². The monoisotopic (exact) mass is 190 g/mol. The number of rotatable bonds is 0. The average Bonchev–Trinajstić information content (AvgIpc) is 1.93. The Bertz CT molecular complexity index is 132. The maximum atomic E-state index is 4.66. The molecule has 2 heteroatoms. The van der Waals surface area contributed by atoms with Crippen LogP contribution in [0.5, 0.6) is 0 Å². The Morgan fingerprint density at radius 3 is 2.64 bits per heavy atom. The molecule has 3 atom stereocenters. The third-order valence-corrected chi connectivity index (χ3v) is 4.18. The van der Waals surface area contributed by atoms with E-state index in [-0.39, 0.29) is 4.75 Å². The highest BCUT2D eigenvalue weighted by atomic mass is 32.1. The standard InChI is InChI=1S/C9H18S2/c1-7-4-3-5-8(10)9(2,11)6-7/h7-8,10-11H,3-6H2,1-2H3. The van der Waals surface area contributed by atoms with Crippen molar-refractivity contribution < 1.29 is 0 Å². The molecule has 0 aliphatic heterocycles. The Hall–Kier alpha value is 0.700. The van der Waals surface area contributed by atoms with Crippen molar-refractivity contribution in [3.05, 3.63) is 0 Å². The molecule has 3 unspecified atom stereocenters. The highest BCUT2D eigenvalue weighted by Crippen LogP contribution is 2.37. The summed E-state index contributed by atoms with van der Waals surface area (Å²) in [6.45, 7) is 4.54. The van der Waals surface area contributed by atoms with Gasteiger partial charge in [0.05, 0.1) is 0 Å². The molecule has 0 aromatic heterocycles. The summed E-state index contributed by atoms with van der Waals surface area (Å²) in [6, 6.07) is 0. The van der Waals surface area contributed by atoms with Gasteiger partial charge in [0, 0.05) is 10.00 Å². The summed E-state index contributed by atoms with van der Waals surface area (Å²) in [5.74, 6) is 0.828. The van der Waals surface area contributed by atoms with Crippen molar-refractivity contribution in [1.29, 1.82) is 0 Å². The molecule has 1 rings (SSSR count). The van der Waals surface area contributed by atoms with E-state index in [1.165, 1.54) is 25.7 Å². The van der Waals surface area contributed by atoms with Gasteiger partial charge in [-0.05, 0) is 25.7 Å². The van der Waals surface area contributed by atoms with Gasteiger partial charge in [-0.15, -0.1) is 0 Å². The molecule has 0 N–H and O–H groups in total. The van der Waals surface area contributed by atoms with Gasteiger partial charge >= 0.3 is 0 Å². The van der Waals surface area contributed by atoms with E-state index in [0.29, 0.717) is 5.25 Å². The van der Waals surface area contributed by atoms with Crippen LogP contribution < -0.4 is 0 Å². The molecule has 0 amide bonds. The summed E-state index contributed by atoms with van der Waals surface area (Å²) in [4.78, 5) is 0. The van der Waals surface area contributed by atoms with Crippen molar-refractivity contribution in [2.24, 2.45) is 5.92 Å². The first-order valence-corrected chi connectivity index (χ1v) is 5.39. The zero-order valence-corrected chi connectivity index (χ0v) is 9.17. The number of thiol groups is 2. The van der Waals surface area contributed by atoms with Crippen molar-refractivity contribution in [3.63, 3.8) is 0 Å². The van der Waals surface area contributed by atoms with Crippen molar-refractivity contribution in [2.75, 3.05) is 0 Å². The predicted octanol–water partition coefficient (Wildman–Crippen LogP) is 3.18. The summed E-state index contributed by atoms with van der Waals surface area (Å²) >= 11 is 9.24. The zero-order chi connectivity index (χ0) is 8.48. The Morgan fingerprint density at radius 2 is 2.00 bits per heavy atom. The summed E-state index contributed by atoms with van der Waals surface area (Å²) in [6.07, 6.45) is 5.12. The van der Waals surface area contributed by atoms with Crippen LogP contribution in [-0.4, -0.2) is 10.00 Å². The van der Waals surface area contributed by atoms with Crippen molar-refractivity contribution in [2.45, 2.75) is 49.5 Å². The first kappa shape index (κ1) is 9.79. The molecular weight excluding hydrogens is 172 g/mol. The van der Waals surface area contributed by atoms with Gasteiger partial charge in [0.2, 0.25) is 0 Å². The number of hydrogen-bond donors (Lipinski definition) is 2. The second-order valence-corrected chi connectivity index (χ2v) is 5.76. The molecule has 1 fully saturated rings. The molecule has 0 spiro atoms. The van der Waals surface area contributed by atoms with Crippen LogP contribution in [0.4, 0.5) is 0 Å². The molecule has 11 heavy (non-hydrogen) atoms. The van der Waals surface area contributed by atoms with Gasteiger partial charge in [0.25, 0.3) is 0 Å². The highest BCUT2D eigenvalue weighted by molar-refractivity contribution is 7.85. The quantitative estimate of drug-likeness (QED) is 0.425. The minimum Gasteiger partial charge on any atom is -0.174 e. The Morgan fingerprint density at radius 1 is 1.36 bits per heavy atom. The number of hydrogen-bond acceptors (Lipinski definition) is 2. The molecule has 0 nitrogen and oxygen atoms in total. The van der Waals surface area contributed by atoms with E-state index in [1.54, 1.807) is 0 Å². The normalized spacial score (nSPS) is 46.9. The fourth-order valence-corrected chi connectivity index (χ4v) is 2.64. The molecule has 0 radical (unpaired) electrons. The van der Waals surface area contributed by atoms with E-state index in [2.05, 4.69) is 39.1 Å². The fourth-order valence-electron chi connectivity index (χ4n) is 1.91. The van der Waals surface area contributed by atoms with Crippen molar-refractivity contribution >= 4 is 25.3 Å². The van der Waals surface area contributed by atoms with Crippen LogP contribution in [0.2, 0.25) is 0 Å². The molecule has 66 valence electrons. The minimum atomic E-state index is 0.152. The van der Waals surface area contributed by atoms with E-state index >= 15 is 0 Å². The Kier molecular flexibility index (Phi) is 3.21. The SMILES string of the molecule is CC1CCCC(S)C(C)(S)C1. The average molecular weight is 190 g/mol. The molecule has 0 aromatic rings. The van der Waals surface area contributed by atoms with Gasteiger partial charge in [-0.25, -0.2) is 0 Å². The minimum absolute atomic E-state index is 0.152. The topological polar surface area (TPSA) is 0 Å². The van der Waals surface area contributed by atoms with Crippen LogP contribution in [0.1, 0.15) is 39.5 Å². The molecule has 1 aliphatic carbocycles. The fraction of sp³-hybridized carbons (Fsp3) is 1.00. The van der Waals surface area contributed by atoms with Crippen LogP contribution >= 0.6 is 25.3 Å². The van der Waals surface area contributed by atoms with Crippen LogP contribution in [0.15, 0.2) is 0 Å². The molecular formula is C9H18S2. The van der Waals surface area contributed by atoms with Gasteiger partial charge in [-0.3, -0.25) is 0 Å². The van der Waals surface area contributed by atoms with E-state index in [9.17, 15) is 0 Å². The smallest absolute Gasteiger partial charge is 0.0220 e. The van der Waals surface area contributed by atoms with Crippen molar-refractivity contribution in [1.82, 2.24) is 0 Å². The van der Waals surface area contributed by atoms with Crippen LogP contribution in [0.25, 0.3) is 0 Å². The lowest BCUT2D eigenvalue weighted by Crippen LogP contribution is -2.29. The lowest BCUT2D eigenvalue weighted by Gasteiger charge is -2.29. The van der Waals surface area contributed by atoms with Gasteiger partial charge in [0.1, 0.15) is 0 Å². The second kappa shape index (κ2) is 3.61. The van der Waals surface area contributed by atoms with Gasteiger partial charge in [-0.2, -0.15) is 25.3 Å². The van der Waals surface area contributed by atoms with E-state index in [1.807, 2.05) is 0 Å². The predicted molar refractivity (Wildman–Crippen MR) is 57.8 cm³/mol. The summed E-state index contributed by atoms with van der Waals surface area (Å²) < 4.78 is 0.152. The molecule has 0 bridgehead atoms. The third-order valence-electron chi connectivity index (χ3n) is 2.65. The summed E-state index contributed by atoms with van der Waals surface area (Å²) in [7, 11) is 0. The summed E-state index contributed by atoms with van der Waals surface area (Å²) in [5, 5.41) is 0.482. The van der Waals surface area contributed by atoms with E-state index < -0.39 is 0 Å². The first-order chi connectivity index (χ1) is 5.02. The Labute approximate surface area is 81.0 Å². The summed E-state index contributed by atoms with van der Waals surface area (Å²) in [5.41, 5.74) is 0. The van der Waals surface area contributed by atoms with Crippen LogP contribution in [-0.2, 0) is 0 Å². The molecule has 0 heterocycles. The molecule has 1 aliphatic rings. The van der Waals surface area contributed by atoms with Gasteiger partial charge < -0.3 is 0 Å². The maximum absolute atomic E-state index is 4.66.